The normalized spacial score (nSPS) is 14.7. The van der Waals surface area contributed by atoms with Crippen LogP contribution < -0.4 is 5.46 Å². The summed E-state index contributed by atoms with van der Waals surface area (Å²) in [5, 5.41) is 21.4. The lowest BCUT2D eigenvalue weighted by Crippen LogP contribution is -2.30. The molecule has 4 rings (SSSR count). The van der Waals surface area contributed by atoms with Crippen molar-refractivity contribution in [3.05, 3.63) is 65.7 Å². The van der Waals surface area contributed by atoms with E-state index in [9.17, 15) is 10.0 Å². The summed E-state index contributed by atoms with van der Waals surface area (Å²) in [4.78, 5) is 0. The molecule has 0 aliphatic heterocycles. The van der Waals surface area contributed by atoms with Crippen LogP contribution in [0.2, 0.25) is 0 Å². The van der Waals surface area contributed by atoms with Crippen LogP contribution in [0.25, 0.3) is 21.9 Å². The van der Waals surface area contributed by atoms with E-state index in [0.717, 1.165) is 5.56 Å². The van der Waals surface area contributed by atoms with E-state index in [1.165, 1.54) is 27.5 Å². The van der Waals surface area contributed by atoms with E-state index in [0.29, 0.717) is 5.46 Å². The minimum absolute atomic E-state index is 0.0928. The Hall–Kier alpha value is -2.10. The summed E-state index contributed by atoms with van der Waals surface area (Å²) in [6.45, 7) is 4.47. The Kier molecular flexibility index (Phi) is 2.74. The second-order valence-corrected chi connectivity index (χ2v) is 6.51. The second kappa shape index (κ2) is 4.45. The van der Waals surface area contributed by atoms with Crippen molar-refractivity contribution in [3.8, 4) is 11.1 Å². The molecule has 108 valence electrons. The van der Waals surface area contributed by atoms with Crippen molar-refractivity contribution >= 4 is 23.4 Å². The average Bonchev–Trinajstić information content (AvgIpc) is 2.75. The minimum atomic E-state index is -1.43. The second-order valence-electron chi connectivity index (χ2n) is 6.51. The molecule has 0 aromatic heterocycles. The molecule has 1 aliphatic rings. The molecule has 22 heavy (non-hydrogen) atoms. The van der Waals surface area contributed by atoms with Gasteiger partial charge in [0.1, 0.15) is 0 Å². The number of fused-ring (bicyclic) bond motifs is 5. The molecule has 0 saturated carbocycles. The molecule has 2 N–H and O–H groups in total. The summed E-state index contributed by atoms with van der Waals surface area (Å²) in [6.07, 6.45) is 0. The van der Waals surface area contributed by atoms with E-state index in [1.54, 1.807) is 6.07 Å². The van der Waals surface area contributed by atoms with Crippen molar-refractivity contribution in [1.82, 2.24) is 0 Å². The van der Waals surface area contributed by atoms with Gasteiger partial charge in [0, 0.05) is 5.41 Å². The van der Waals surface area contributed by atoms with Crippen molar-refractivity contribution in [3.63, 3.8) is 0 Å². The maximum atomic E-state index is 9.46. The molecule has 3 aromatic carbocycles. The molecule has 0 amide bonds. The molecular formula is C19H17BO2. The van der Waals surface area contributed by atoms with E-state index >= 15 is 0 Å². The van der Waals surface area contributed by atoms with Crippen LogP contribution >= 0.6 is 0 Å². The maximum Gasteiger partial charge on any atom is 0.488 e. The predicted octanol–water partition coefficient (Wildman–Crippen LogP) is 2.83. The Morgan fingerprint density at radius 1 is 0.864 bits per heavy atom. The summed E-state index contributed by atoms with van der Waals surface area (Å²) in [6, 6.07) is 18.5. The molecule has 0 atom stereocenters. The Bertz CT molecular complexity index is 897. The van der Waals surface area contributed by atoms with Crippen molar-refractivity contribution in [2.24, 2.45) is 0 Å². The molecule has 2 nitrogen and oxygen atoms in total. The highest BCUT2D eigenvalue weighted by Gasteiger charge is 2.37. The van der Waals surface area contributed by atoms with Gasteiger partial charge in [-0.25, -0.2) is 0 Å². The van der Waals surface area contributed by atoms with Gasteiger partial charge in [0.05, 0.1) is 0 Å². The van der Waals surface area contributed by atoms with Gasteiger partial charge >= 0.3 is 7.12 Å². The van der Waals surface area contributed by atoms with Crippen LogP contribution in [0.5, 0.6) is 0 Å². The first-order chi connectivity index (χ1) is 10.5. The van der Waals surface area contributed by atoms with E-state index in [1.807, 2.05) is 12.1 Å². The first-order valence-electron chi connectivity index (χ1n) is 7.53. The van der Waals surface area contributed by atoms with Crippen LogP contribution in [-0.2, 0) is 5.41 Å². The van der Waals surface area contributed by atoms with E-state index in [2.05, 4.69) is 50.2 Å². The van der Waals surface area contributed by atoms with Crippen LogP contribution in [0.4, 0.5) is 0 Å². The van der Waals surface area contributed by atoms with Gasteiger partial charge in [-0.3, -0.25) is 0 Å². The quantitative estimate of drug-likeness (QED) is 0.676. The molecular weight excluding hydrogens is 271 g/mol. The molecule has 0 unspecified atom stereocenters. The van der Waals surface area contributed by atoms with Gasteiger partial charge in [0.2, 0.25) is 0 Å². The largest absolute Gasteiger partial charge is 0.488 e. The van der Waals surface area contributed by atoms with Crippen LogP contribution in [-0.4, -0.2) is 17.2 Å². The zero-order chi connectivity index (χ0) is 15.5. The summed E-state index contributed by atoms with van der Waals surface area (Å²) in [7, 11) is -1.43. The number of hydrogen-bond acceptors (Lipinski definition) is 2. The van der Waals surface area contributed by atoms with E-state index in [4.69, 9.17) is 0 Å². The molecule has 3 aromatic rings. The molecule has 0 radical (unpaired) electrons. The summed E-state index contributed by atoms with van der Waals surface area (Å²) >= 11 is 0. The van der Waals surface area contributed by atoms with Crippen molar-refractivity contribution < 1.29 is 10.0 Å². The third-order valence-corrected chi connectivity index (χ3v) is 4.86. The standard InChI is InChI=1S/C19H17BO2/c1-19(2)17-10-8-13(20(21)22)11-16(17)15-9-7-12-5-3-4-6-14(12)18(15)19/h3-11,21-22H,1-2H3. The van der Waals surface area contributed by atoms with Crippen LogP contribution in [0.15, 0.2) is 54.6 Å². The predicted molar refractivity (Wildman–Crippen MR) is 91.3 cm³/mol. The minimum Gasteiger partial charge on any atom is -0.423 e. The average molecular weight is 288 g/mol. The van der Waals surface area contributed by atoms with Gasteiger partial charge in [0.25, 0.3) is 0 Å². The highest BCUT2D eigenvalue weighted by molar-refractivity contribution is 6.58. The van der Waals surface area contributed by atoms with Crippen LogP contribution in [0.1, 0.15) is 25.0 Å². The third kappa shape index (κ3) is 1.70. The van der Waals surface area contributed by atoms with Gasteiger partial charge in [-0.2, -0.15) is 0 Å². The highest BCUT2D eigenvalue weighted by atomic mass is 16.4. The Balaban J connectivity index is 2.09. The Morgan fingerprint density at radius 2 is 1.64 bits per heavy atom. The van der Waals surface area contributed by atoms with Crippen molar-refractivity contribution in [2.75, 3.05) is 0 Å². The fourth-order valence-electron chi connectivity index (χ4n) is 3.79. The lowest BCUT2D eigenvalue weighted by atomic mass is 9.76. The topological polar surface area (TPSA) is 40.5 Å². The van der Waals surface area contributed by atoms with Crippen LogP contribution in [0.3, 0.4) is 0 Å². The van der Waals surface area contributed by atoms with Gasteiger partial charge in [-0.1, -0.05) is 68.4 Å². The number of benzene rings is 3. The molecule has 0 bridgehead atoms. The summed E-state index contributed by atoms with van der Waals surface area (Å²) < 4.78 is 0. The SMILES string of the molecule is CC1(C)c2ccc(B(O)O)cc2-c2ccc3ccccc3c21. The zero-order valence-electron chi connectivity index (χ0n) is 12.7. The van der Waals surface area contributed by atoms with E-state index < -0.39 is 7.12 Å². The Labute approximate surface area is 130 Å². The van der Waals surface area contributed by atoms with Crippen molar-refractivity contribution in [2.45, 2.75) is 19.3 Å². The highest BCUT2D eigenvalue weighted by Crippen LogP contribution is 2.50. The lowest BCUT2D eigenvalue weighted by Gasteiger charge is -2.23. The third-order valence-electron chi connectivity index (χ3n) is 4.86. The molecule has 3 heteroatoms. The molecule has 0 spiro atoms. The number of rotatable bonds is 1. The summed E-state index contributed by atoms with van der Waals surface area (Å²) in [5.41, 5.74) is 5.31. The molecule has 0 saturated heterocycles. The first-order valence-corrected chi connectivity index (χ1v) is 7.53. The molecule has 1 aliphatic carbocycles. The van der Waals surface area contributed by atoms with Gasteiger partial charge in [0.15, 0.2) is 0 Å². The first kappa shape index (κ1) is 13.6. The lowest BCUT2D eigenvalue weighted by molar-refractivity contribution is 0.426. The van der Waals surface area contributed by atoms with Crippen LogP contribution in [0, 0.1) is 0 Å². The fraction of sp³-hybridized carbons (Fsp3) is 0.158. The van der Waals surface area contributed by atoms with Gasteiger partial charge in [-0.15, -0.1) is 0 Å². The molecule has 0 heterocycles. The zero-order valence-corrected chi connectivity index (χ0v) is 12.7. The van der Waals surface area contributed by atoms with Gasteiger partial charge < -0.3 is 10.0 Å². The fourth-order valence-corrected chi connectivity index (χ4v) is 3.79. The maximum absolute atomic E-state index is 9.46. The van der Waals surface area contributed by atoms with Gasteiger partial charge in [-0.05, 0) is 38.5 Å². The number of hydrogen-bond donors (Lipinski definition) is 2. The van der Waals surface area contributed by atoms with Crippen molar-refractivity contribution in [1.29, 1.82) is 0 Å². The Morgan fingerprint density at radius 3 is 2.41 bits per heavy atom. The van der Waals surface area contributed by atoms with E-state index in [-0.39, 0.29) is 5.41 Å². The monoisotopic (exact) mass is 288 g/mol. The summed E-state index contributed by atoms with van der Waals surface area (Å²) in [5.74, 6) is 0. The molecule has 0 fully saturated rings. The smallest absolute Gasteiger partial charge is 0.423 e.